The standard InChI is InChI=1S/C11H20N2S/c1-12-11(8-13(2)3)5-4-10-6-7-14-9-10/h6-7,9,11-12H,4-5,8H2,1-3H3. The van der Waals surface area contributed by atoms with Gasteiger partial charge in [0.05, 0.1) is 0 Å². The molecule has 0 amide bonds. The summed E-state index contributed by atoms with van der Waals surface area (Å²) in [7, 11) is 6.28. The second-order valence-corrected chi connectivity index (χ2v) is 4.70. The van der Waals surface area contributed by atoms with Crippen molar-refractivity contribution in [1.29, 1.82) is 0 Å². The third-order valence-corrected chi connectivity index (χ3v) is 3.09. The molecule has 0 aliphatic rings. The van der Waals surface area contributed by atoms with Crippen molar-refractivity contribution in [2.24, 2.45) is 0 Å². The molecule has 0 aliphatic heterocycles. The summed E-state index contributed by atoms with van der Waals surface area (Å²) in [5.74, 6) is 0. The first-order chi connectivity index (χ1) is 6.72. The van der Waals surface area contributed by atoms with Crippen LogP contribution in [0.25, 0.3) is 0 Å². The summed E-state index contributed by atoms with van der Waals surface area (Å²) in [5.41, 5.74) is 1.47. The molecule has 0 bridgehead atoms. The highest BCUT2D eigenvalue weighted by atomic mass is 32.1. The lowest BCUT2D eigenvalue weighted by Crippen LogP contribution is -2.36. The fraction of sp³-hybridized carbons (Fsp3) is 0.636. The summed E-state index contributed by atoms with van der Waals surface area (Å²) in [6, 6.07) is 2.82. The molecule has 1 heterocycles. The molecular formula is C11H20N2S. The number of nitrogens with one attached hydrogen (secondary N) is 1. The predicted octanol–water partition coefficient (Wildman–Crippen LogP) is 1.83. The first-order valence-corrected chi connectivity index (χ1v) is 5.99. The summed E-state index contributed by atoms with van der Waals surface area (Å²) in [4.78, 5) is 2.23. The minimum atomic E-state index is 0.602. The molecular weight excluding hydrogens is 192 g/mol. The van der Waals surface area contributed by atoms with Crippen LogP contribution in [0.4, 0.5) is 0 Å². The SMILES string of the molecule is CNC(CCc1ccsc1)CN(C)C. The van der Waals surface area contributed by atoms with E-state index in [-0.39, 0.29) is 0 Å². The van der Waals surface area contributed by atoms with Gasteiger partial charge in [0.25, 0.3) is 0 Å². The number of nitrogens with zero attached hydrogens (tertiary/aromatic N) is 1. The van der Waals surface area contributed by atoms with Gasteiger partial charge in [0.2, 0.25) is 0 Å². The van der Waals surface area contributed by atoms with E-state index in [4.69, 9.17) is 0 Å². The zero-order valence-corrected chi connectivity index (χ0v) is 10.1. The van der Waals surface area contributed by atoms with Crippen LogP contribution in [-0.2, 0) is 6.42 Å². The summed E-state index contributed by atoms with van der Waals surface area (Å²) < 4.78 is 0. The highest BCUT2D eigenvalue weighted by molar-refractivity contribution is 7.07. The molecule has 3 heteroatoms. The van der Waals surface area contributed by atoms with Gasteiger partial charge in [-0.15, -0.1) is 0 Å². The van der Waals surface area contributed by atoms with Gasteiger partial charge < -0.3 is 10.2 Å². The van der Waals surface area contributed by atoms with Crippen molar-refractivity contribution in [3.8, 4) is 0 Å². The van der Waals surface area contributed by atoms with Crippen LogP contribution in [0.1, 0.15) is 12.0 Å². The van der Waals surface area contributed by atoms with Crippen molar-refractivity contribution in [3.63, 3.8) is 0 Å². The van der Waals surface area contributed by atoms with Gasteiger partial charge >= 0.3 is 0 Å². The van der Waals surface area contributed by atoms with Crippen LogP contribution in [0, 0.1) is 0 Å². The van der Waals surface area contributed by atoms with Gasteiger partial charge in [-0.3, -0.25) is 0 Å². The molecule has 0 saturated heterocycles. The molecule has 1 N–H and O–H groups in total. The van der Waals surface area contributed by atoms with Gasteiger partial charge in [-0.1, -0.05) is 0 Å². The Labute approximate surface area is 90.9 Å². The van der Waals surface area contributed by atoms with Crippen molar-refractivity contribution < 1.29 is 0 Å². The van der Waals surface area contributed by atoms with Gasteiger partial charge in [-0.05, 0) is 56.4 Å². The van der Waals surface area contributed by atoms with E-state index < -0.39 is 0 Å². The van der Waals surface area contributed by atoms with E-state index in [2.05, 4.69) is 41.1 Å². The Balaban J connectivity index is 2.27. The minimum absolute atomic E-state index is 0.602. The molecule has 80 valence electrons. The van der Waals surface area contributed by atoms with Crippen molar-refractivity contribution in [3.05, 3.63) is 22.4 Å². The van der Waals surface area contributed by atoms with Crippen LogP contribution in [0.2, 0.25) is 0 Å². The molecule has 0 radical (unpaired) electrons. The summed E-state index contributed by atoms with van der Waals surface area (Å²) >= 11 is 1.78. The highest BCUT2D eigenvalue weighted by Gasteiger charge is 2.07. The van der Waals surface area contributed by atoms with Crippen molar-refractivity contribution in [1.82, 2.24) is 10.2 Å². The zero-order valence-electron chi connectivity index (χ0n) is 9.29. The molecule has 1 aromatic heterocycles. The molecule has 0 spiro atoms. The Kier molecular flexibility index (Phi) is 5.15. The number of likely N-dealkylation sites (N-methyl/N-ethyl adjacent to an activating group) is 2. The Hall–Kier alpha value is -0.380. The zero-order chi connectivity index (χ0) is 10.4. The van der Waals surface area contributed by atoms with E-state index >= 15 is 0 Å². The van der Waals surface area contributed by atoms with Crippen LogP contribution >= 0.6 is 11.3 Å². The molecule has 0 aromatic carbocycles. The quantitative estimate of drug-likeness (QED) is 0.774. The number of hydrogen-bond donors (Lipinski definition) is 1. The largest absolute Gasteiger partial charge is 0.316 e. The van der Waals surface area contributed by atoms with Gasteiger partial charge in [0.1, 0.15) is 0 Å². The fourth-order valence-corrected chi connectivity index (χ4v) is 2.25. The lowest BCUT2D eigenvalue weighted by atomic mass is 10.1. The Morgan fingerprint density at radius 3 is 2.79 bits per heavy atom. The molecule has 14 heavy (non-hydrogen) atoms. The lowest BCUT2D eigenvalue weighted by molar-refractivity contribution is 0.337. The first kappa shape index (κ1) is 11.7. The maximum atomic E-state index is 3.36. The van der Waals surface area contributed by atoms with Gasteiger partial charge in [-0.2, -0.15) is 11.3 Å². The molecule has 1 aromatic rings. The molecule has 0 fully saturated rings. The Morgan fingerprint density at radius 2 is 2.29 bits per heavy atom. The third-order valence-electron chi connectivity index (χ3n) is 2.36. The molecule has 2 nitrogen and oxygen atoms in total. The number of aryl methyl sites for hydroxylation is 1. The topological polar surface area (TPSA) is 15.3 Å². The third kappa shape index (κ3) is 4.22. The highest BCUT2D eigenvalue weighted by Crippen LogP contribution is 2.09. The van der Waals surface area contributed by atoms with Crippen molar-refractivity contribution in [2.45, 2.75) is 18.9 Å². The van der Waals surface area contributed by atoms with E-state index in [9.17, 15) is 0 Å². The van der Waals surface area contributed by atoms with Crippen molar-refractivity contribution in [2.75, 3.05) is 27.7 Å². The van der Waals surface area contributed by atoms with E-state index in [0.29, 0.717) is 6.04 Å². The molecule has 1 rings (SSSR count). The van der Waals surface area contributed by atoms with Crippen molar-refractivity contribution >= 4 is 11.3 Å². The number of hydrogen-bond acceptors (Lipinski definition) is 3. The molecule has 1 atom stereocenters. The average molecular weight is 212 g/mol. The smallest absolute Gasteiger partial charge is 0.0194 e. The second kappa shape index (κ2) is 6.17. The van der Waals surface area contributed by atoms with Crippen LogP contribution < -0.4 is 5.32 Å². The normalized spacial score (nSPS) is 13.4. The lowest BCUT2D eigenvalue weighted by Gasteiger charge is -2.20. The molecule has 0 aliphatic carbocycles. The summed E-state index contributed by atoms with van der Waals surface area (Å²) in [6.45, 7) is 1.11. The van der Waals surface area contributed by atoms with Crippen LogP contribution in [0.5, 0.6) is 0 Å². The molecule has 0 saturated carbocycles. The Morgan fingerprint density at radius 1 is 1.50 bits per heavy atom. The van der Waals surface area contributed by atoms with E-state index in [0.717, 1.165) is 6.54 Å². The van der Waals surface area contributed by atoms with Crippen LogP contribution in [-0.4, -0.2) is 38.6 Å². The number of thiophene rings is 1. The van der Waals surface area contributed by atoms with Gasteiger partial charge in [0, 0.05) is 12.6 Å². The average Bonchev–Trinajstić information content (AvgIpc) is 2.64. The van der Waals surface area contributed by atoms with Crippen LogP contribution in [0.15, 0.2) is 16.8 Å². The maximum Gasteiger partial charge on any atom is 0.0194 e. The monoisotopic (exact) mass is 212 g/mol. The second-order valence-electron chi connectivity index (χ2n) is 3.92. The van der Waals surface area contributed by atoms with Crippen LogP contribution in [0.3, 0.4) is 0 Å². The minimum Gasteiger partial charge on any atom is -0.316 e. The fourth-order valence-electron chi connectivity index (χ4n) is 1.54. The van der Waals surface area contributed by atoms with E-state index in [1.165, 1.54) is 18.4 Å². The van der Waals surface area contributed by atoms with E-state index in [1.54, 1.807) is 11.3 Å². The Bertz CT molecular complexity index is 231. The predicted molar refractivity (Wildman–Crippen MR) is 64.0 cm³/mol. The van der Waals surface area contributed by atoms with Gasteiger partial charge in [-0.25, -0.2) is 0 Å². The number of rotatable bonds is 6. The van der Waals surface area contributed by atoms with Gasteiger partial charge in [0.15, 0.2) is 0 Å². The maximum absolute atomic E-state index is 3.36. The summed E-state index contributed by atoms with van der Waals surface area (Å²) in [5, 5.41) is 7.74. The summed E-state index contributed by atoms with van der Waals surface area (Å²) in [6.07, 6.45) is 2.40. The van der Waals surface area contributed by atoms with E-state index in [1.807, 2.05) is 7.05 Å². The first-order valence-electron chi connectivity index (χ1n) is 5.05. The molecule has 1 unspecified atom stereocenters.